The van der Waals surface area contributed by atoms with Gasteiger partial charge in [0.25, 0.3) is 5.91 Å². The monoisotopic (exact) mass is 397 g/mol. The maximum Gasteiger partial charge on any atom is 0.333 e. The van der Waals surface area contributed by atoms with E-state index < -0.39 is 11.9 Å². The van der Waals surface area contributed by atoms with Gasteiger partial charge in [-0.25, -0.2) is 9.69 Å². The number of carbonyl (C=O) groups excluding carboxylic acids is 2. The zero-order chi connectivity index (χ0) is 19.7. The lowest BCUT2D eigenvalue weighted by Gasteiger charge is -2.19. The molecule has 2 heterocycles. The molecule has 1 N–H and O–H groups in total. The van der Waals surface area contributed by atoms with Crippen LogP contribution in [0.15, 0.2) is 48.2 Å². The van der Waals surface area contributed by atoms with Crippen LogP contribution in [0.3, 0.4) is 0 Å². The Labute approximate surface area is 168 Å². The summed E-state index contributed by atoms with van der Waals surface area (Å²) in [6.45, 7) is 2.07. The second kappa shape index (κ2) is 7.56. The predicted molar refractivity (Wildman–Crippen MR) is 110 cm³/mol. The number of nitrogens with one attached hydrogen (secondary N) is 1. The van der Waals surface area contributed by atoms with Gasteiger partial charge in [0.15, 0.2) is 0 Å². The fourth-order valence-corrected chi connectivity index (χ4v) is 3.63. The Morgan fingerprint density at radius 2 is 1.71 bits per heavy atom. The van der Waals surface area contributed by atoms with E-state index in [2.05, 4.69) is 10.2 Å². The van der Waals surface area contributed by atoms with Gasteiger partial charge in [0.05, 0.1) is 12.8 Å². The van der Waals surface area contributed by atoms with Gasteiger partial charge in [-0.15, -0.1) is 0 Å². The van der Waals surface area contributed by atoms with E-state index in [-0.39, 0.29) is 5.70 Å². The fourth-order valence-electron chi connectivity index (χ4n) is 3.51. The topological polar surface area (TPSA) is 61.9 Å². The van der Waals surface area contributed by atoms with Crippen molar-refractivity contribution in [2.24, 2.45) is 0 Å². The molecule has 0 spiro atoms. The van der Waals surface area contributed by atoms with Crippen LogP contribution in [0.1, 0.15) is 18.4 Å². The standard InChI is InChI=1S/C21H20ClN3O3/c1-28-19-13-17(24-10-2-3-11-24)7-4-14(19)12-18-20(26)25(21(27)23-18)16-8-5-15(22)6-9-16/h4-9,12-13H,2-3,10-11H2,1H3,(H,23,27)/b18-12+. The van der Waals surface area contributed by atoms with E-state index in [1.54, 1.807) is 37.5 Å². The lowest BCUT2D eigenvalue weighted by atomic mass is 10.1. The largest absolute Gasteiger partial charge is 0.496 e. The molecule has 28 heavy (non-hydrogen) atoms. The third-order valence-electron chi connectivity index (χ3n) is 4.95. The van der Waals surface area contributed by atoms with E-state index >= 15 is 0 Å². The molecule has 0 unspecified atom stereocenters. The van der Waals surface area contributed by atoms with E-state index in [9.17, 15) is 9.59 Å². The number of carbonyl (C=O) groups is 2. The van der Waals surface area contributed by atoms with Crippen LogP contribution in [0.5, 0.6) is 5.75 Å². The minimum absolute atomic E-state index is 0.201. The Bertz CT molecular complexity index is 950. The number of rotatable bonds is 4. The molecule has 0 aliphatic carbocycles. The van der Waals surface area contributed by atoms with E-state index in [4.69, 9.17) is 16.3 Å². The Hall–Kier alpha value is -2.99. The van der Waals surface area contributed by atoms with E-state index in [1.165, 1.54) is 12.8 Å². The molecular weight excluding hydrogens is 378 g/mol. The molecule has 0 bridgehead atoms. The number of benzene rings is 2. The zero-order valence-electron chi connectivity index (χ0n) is 15.4. The maximum absolute atomic E-state index is 12.8. The van der Waals surface area contributed by atoms with Crippen LogP contribution >= 0.6 is 11.6 Å². The van der Waals surface area contributed by atoms with Crippen molar-refractivity contribution in [3.8, 4) is 5.75 Å². The summed E-state index contributed by atoms with van der Waals surface area (Å²) in [6, 6.07) is 11.9. The number of amides is 3. The minimum atomic E-state index is -0.494. The van der Waals surface area contributed by atoms with Gasteiger partial charge in [0.1, 0.15) is 11.4 Å². The Kier molecular flexibility index (Phi) is 4.96. The van der Waals surface area contributed by atoms with Crippen molar-refractivity contribution in [2.45, 2.75) is 12.8 Å². The molecule has 2 aromatic carbocycles. The summed E-state index contributed by atoms with van der Waals surface area (Å²) in [5.41, 5.74) is 2.49. The summed E-state index contributed by atoms with van der Waals surface area (Å²) >= 11 is 5.89. The molecule has 0 aromatic heterocycles. The highest BCUT2D eigenvalue weighted by atomic mass is 35.5. The predicted octanol–water partition coefficient (Wildman–Crippen LogP) is 4.05. The van der Waals surface area contributed by atoms with Gasteiger partial charge in [-0.05, 0) is 55.3 Å². The van der Waals surface area contributed by atoms with Gasteiger partial charge in [-0.1, -0.05) is 11.6 Å². The lowest BCUT2D eigenvalue weighted by molar-refractivity contribution is -0.113. The normalized spacial score (nSPS) is 18.1. The molecule has 0 atom stereocenters. The van der Waals surface area contributed by atoms with Crippen molar-refractivity contribution in [3.05, 3.63) is 58.7 Å². The number of nitrogens with zero attached hydrogens (tertiary/aromatic N) is 2. The van der Waals surface area contributed by atoms with Crippen LogP contribution in [0.2, 0.25) is 5.02 Å². The Morgan fingerprint density at radius 3 is 2.39 bits per heavy atom. The van der Waals surface area contributed by atoms with Crippen LogP contribution in [-0.2, 0) is 4.79 Å². The van der Waals surface area contributed by atoms with E-state index in [0.717, 1.165) is 29.2 Å². The molecular formula is C21H20ClN3O3. The van der Waals surface area contributed by atoms with Gasteiger partial charge < -0.3 is 15.0 Å². The third kappa shape index (κ3) is 3.43. The van der Waals surface area contributed by atoms with Gasteiger partial charge in [-0.2, -0.15) is 0 Å². The van der Waals surface area contributed by atoms with Crippen molar-refractivity contribution < 1.29 is 14.3 Å². The molecule has 2 aliphatic rings. The average Bonchev–Trinajstić information content (AvgIpc) is 3.32. The van der Waals surface area contributed by atoms with Gasteiger partial charge in [0, 0.05) is 35.4 Å². The first-order valence-corrected chi connectivity index (χ1v) is 9.50. The van der Waals surface area contributed by atoms with Crippen LogP contribution in [0, 0.1) is 0 Å². The molecule has 2 aliphatic heterocycles. The highest BCUT2D eigenvalue weighted by Gasteiger charge is 2.35. The number of imide groups is 1. The van der Waals surface area contributed by atoms with Crippen LogP contribution < -0.4 is 19.9 Å². The van der Waals surface area contributed by atoms with Crippen molar-refractivity contribution in [1.29, 1.82) is 0 Å². The van der Waals surface area contributed by atoms with Crippen LogP contribution in [0.4, 0.5) is 16.2 Å². The maximum atomic E-state index is 12.8. The summed E-state index contributed by atoms with van der Waals surface area (Å²) in [7, 11) is 1.60. The molecule has 3 amide bonds. The zero-order valence-corrected chi connectivity index (χ0v) is 16.2. The SMILES string of the molecule is COc1cc(N2CCCC2)ccc1/C=C1/NC(=O)N(c2ccc(Cl)cc2)C1=O. The average molecular weight is 398 g/mol. The molecule has 7 heteroatoms. The quantitative estimate of drug-likeness (QED) is 0.624. The fraction of sp³-hybridized carbons (Fsp3) is 0.238. The molecule has 2 fully saturated rings. The molecule has 2 aromatic rings. The van der Waals surface area contributed by atoms with Crippen LogP contribution in [0.25, 0.3) is 6.08 Å². The second-order valence-corrected chi connectivity index (χ2v) is 7.16. The smallest absolute Gasteiger partial charge is 0.333 e. The minimum Gasteiger partial charge on any atom is -0.496 e. The van der Waals surface area contributed by atoms with E-state index in [1.807, 2.05) is 18.2 Å². The molecule has 144 valence electrons. The number of ether oxygens (including phenoxy) is 1. The number of methoxy groups -OCH3 is 1. The van der Waals surface area contributed by atoms with Crippen molar-refractivity contribution in [3.63, 3.8) is 0 Å². The summed E-state index contributed by atoms with van der Waals surface area (Å²) in [5.74, 6) is 0.238. The first-order chi connectivity index (χ1) is 13.6. The molecule has 4 rings (SSSR count). The number of anilines is 2. The van der Waals surface area contributed by atoms with Crippen molar-refractivity contribution in [2.75, 3.05) is 30.0 Å². The highest BCUT2D eigenvalue weighted by Crippen LogP contribution is 2.30. The number of hydrogen-bond acceptors (Lipinski definition) is 4. The molecule has 0 saturated carbocycles. The summed E-state index contributed by atoms with van der Waals surface area (Å²) < 4.78 is 5.52. The third-order valence-corrected chi connectivity index (χ3v) is 5.20. The highest BCUT2D eigenvalue weighted by molar-refractivity contribution is 6.31. The van der Waals surface area contributed by atoms with Gasteiger partial charge in [0.2, 0.25) is 0 Å². The number of hydrogen-bond donors (Lipinski definition) is 1. The van der Waals surface area contributed by atoms with Crippen LogP contribution in [-0.4, -0.2) is 32.1 Å². The Balaban J connectivity index is 1.62. The van der Waals surface area contributed by atoms with Gasteiger partial charge >= 0.3 is 6.03 Å². The summed E-state index contributed by atoms with van der Waals surface area (Å²) in [6.07, 6.45) is 4.02. The van der Waals surface area contributed by atoms with Crippen molar-refractivity contribution in [1.82, 2.24) is 5.32 Å². The Morgan fingerprint density at radius 1 is 1.04 bits per heavy atom. The first kappa shape index (κ1) is 18.4. The van der Waals surface area contributed by atoms with Gasteiger partial charge in [-0.3, -0.25) is 4.79 Å². The summed E-state index contributed by atoms with van der Waals surface area (Å²) in [5, 5.41) is 3.17. The van der Waals surface area contributed by atoms with Crippen molar-refractivity contribution >= 4 is 41.0 Å². The molecule has 0 radical (unpaired) electrons. The number of halogens is 1. The van der Waals surface area contributed by atoms with E-state index in [0.29, 0.717) is 16.5 Å². The second-order valence-electron chi connectivity index (χ2n) is 6.73. The summed E-state index contributed by atoms with van der Waals surface area (Å²) in [4.78, 5) is 28.5. The molecule has 2 saturated heterocycles. The molecule has 6 nitrogen and oxygen atoms in total. The first-order valence-electron chi connectivity index (χ1n) is 9.12. The lowest BCUT2D eigenvalue weighted by Crippen LogP contribution is -2.30. The number of urea groups is 1.